The van der Waals surface area contributed by atoms with Crippen molar-refractivity contribution < 1.29 is 14.6 Å². The smallest absolute Gasteiger partial charge is 0.347 e. The van der Waals surface area contributed by atoms with Crippen LogP contribution in [0.5, 0.6) is 0 Å². The Labute approximate surface area is 144 Å². The van der Waals surface area contributed by atoms with Gasteiger partial charge in [0, 0.05) is 13.1 Å². The second-order valence-corrected chi connectivity index (χ2v) is 6.96. The van der Waals surface area contributed by atoms with Gasteiger partial charge in [-0.15, -0.1) is 0 Å². The van der Waals surface area contributed by atoms with Crippen LogP contribution in [0.25, 0.3) is 0 Å². The first-order valence-electron chi connectivity index (χ1n) is 8.97. The third-order valence-corrected chi connectivity index (χ3v) is 5.18. The highest BCUT2D eigenvalue weighted by atomic mass is 16.6. The highest BCUT2D eigenvalue weighted by Gasteiger charge is 2.44. The number of allylic oxidation sites excluding steroid dienone is 1. The van der Waals surface area contributed by atoms with Crippen molar-refractivity contribution in [1.29, 1.82) is 0 Å². The predicted molar refractivity (Wildman–Crippen MR) is 93.5 cm³/mol. The van der Waals surface area contributed by atoms with Crippen molar-refractivity contribution in [3.8, 4) is 0 Å². The minimum atomic E-state index is -1.65. The molecule has 1 heterocycles. The lowest BCUT2D eigenvalue weighted by atomic mass is 9.80. The molecule has 1 aliphatic carbocycles. The van der Waals surface area contributed by atoms with Crippen LogP contribution in [0.2, 0.25) is 0 Å². The first-order valence-corrected chi connectivity index (χ1v) is 8.97. The Morgan fingerprint density at radius 3 is 2.54 bits per heavy atom. The van der Waals surface area contributed by atoms with E-state index in [9.17, 15) is 9.90 Å². The minimum Gasteiger partial charge on any atom is -0.460 e. The van der Waals surface area contributed by atoms with E-state index in [-0.39, 0.29) is 6.10 Å². The normalized spacial score (nSPS) is 22.5. The number of benzene rings is 1. The first-order chi connectivity index (χ1) is 11.6. The van der Waals surface area contributed by atoms with E-state index in [2.05, 4.69) is 11.9 Å². The number of hydrogen-bond donors (Lipinski definition) is 1. The van der Waals surface area contributed by atoms with Crippen LogP contribution in [0.3, 0.4) is 0 Å². The van der Waals surface area contributed by atoms with Crippen molar-refractivity contribution in [3.05, 3.63) is 47.5 Å². The maximum Gasteiger partial charge on any atom is 0.347 e. The van der Waals surface area contributed by atoms with E-state index >= 15 is 0 Å². The van der Waals surface area contributed by atoms with E-state index < -0.39 is 11.6 Å². The molecule has 2 aliphatic rings. The summed E-state index contributed by atoms with van der Waals surface area (Å²) in [5, 5.41) is 11.4. The van der Waals surface area contributed by atoms with Gasteiger partial charge in [-0.3, -0.25) is 0 Å². The molecule has 0 bridgehead atoms. The zero-order valence-corrected chi connectivity index (χ0v) is 14.4. The molecule has 4 nitrogen and oxygen atoms in total. The summed E-state index contributed by atoms with van der Waals surface area (Å²) in [5.41, 5.74) is -0.251. The van der Waals surface area contributed by atoms with Crippen molar-refractivity contribution in [1.82, 2.24) is 4.90 Å². The summed E-state index contributed by atoms with van der Waals surface area (Å²) < 4.78 is 5.76. The predicted octanol–water partition coefficient (Wildman–Crippen LogP) is 3.01. The van der Waals surface area contributed by atoms with E-state index in [4.69, 9.17) is 4.74 Å². The van der Waals surface area contributed by atoms with Gasteiger partial charge in [-0.2, -0.15) is 0 Å². The lowest BCUT2D eigenvalue weighted by Gasteiger charge is -2.34. The zero-order valence-electron chi connectivity index (χ0n) is 14.4. The molecule has 4 heteroatoms. The Morgan fingerprint density at radius 2 is 1.92 bits per heavy atom. The van der Waals surface area contributed by atoms with E-state index in [0.29, 0.717) is 5.56 Å². The van der Waals surface area contributed by atoms with Crippen molar-refractivity contribution in [3.63, 3.8) is 0 Å². The molecule has 0 radical (unpaired) electrons. The molecule has 1 aromatic carbocycles. The second-order valence-electron chi connectivity index (χ2n) is 6.96. The maximum atomic E-state index is 13.0. The van der Waals surface area contributed by atoms with Crippen LogP contribution in [0.4, 0.5) is 0 Å². The minimum absolute atomic E-state index is 0.104. The fourth-order valence-corrected chi connectivity index (χ4v) is 3.62. The Hall–Kier alpha value is -1.65. The fourth-order valence-electron chi connectivity index (χ4n) is 3.62. The number of carbonyl (C=O) groups is 1. The van der Waals surface area contributed by atoms with Crippen LogP contribution < -0.4 is 0 Å². The van der Waals surface area contributed by atoms with Crippen LogP contribution >= 0.6 is 0 Å². The van der Waals surface area contributed by atoms with E-state index in [1.165, 1.54) is 0 Å². The van der Waals surface area contributed by atoms with Crippen LogP contribution in [-0.4, -0.2) is 42.2 Å². The number of ether oxygens (including phenoxy) is 1. The molecule has 130 valence electrons. The van der Waals surface area contributed by atoms with Crippen LogP contribution in [0.15, 0.2) is 42.0 Å². The van der Waals surface area contributed by atoms with Gasteiger partial charge in [-0.1, -0.05) is 36.4 Å². The van der Waals surface area contributed by atoms with Crippen molar-refractivity contribution in [2.24, 2.45) is 0 Å². The summed E-state index contributed by atoms with van der Waals surface area (Å²) in [7, 11) is 2.07. The summed E-state index contributed by atoms with van der Waals surface area (Å²) >= 11 is 0. The number of carbonyl (C=O) groups excluding carboxylic acids is 1. The summed E-state index contributed by atoms with van der Waals surface area (Å²) in [5.74, 6) is -0.517. The maximum absolute atomic E-state index is 13.0. The Balaban J connectivity index is 1.84. The largest absolute Gasteiger partial charge is 0.460 e. The monoisotopic (exact) mass is 329 g/mol. The van der Waals surface area contributed by atoms with Gasteiger partial charge in [0.25, 0.3) is 0 Å². The average Bonchev–Trinajstić information content (AvgIpc) is 2.64. The second kappa shape index (κ2) is 7.49. The number of aliphatic hydroxyl groups is 1. The van der Waals surface area contributed by atoms with Crippen LogP contribution in [0, 0.1) is 0 Å². The van der Waals surface area contributed by atoms with Crippen molar-refractivity contribution >= 4 is 5.97 Å². The lowest BCUT2D eigenvalue weighted by Crippen LogP contribution is -2.43. The van der Waals surface area contributed by atoms with Gasteiger partial charge in [0.1, 0.15) is 6.10 Å². The van der Waals surface area contributed by atoms with Gasteiger partial charge in [-0.05, 0) is 56.7 Å². The standard InChI is InChI=1S/C20H27NO3/c1-21-14-12-18(13-15-21)24-19(22)20(23,16-8-4-2-5-9-16)17-10-6-3-7-11-17/h2,4-5,8-10,18,23H,3,6-7,11-15H2,1H3. The van der Waals surface area contributed by atoms with E-state index in [1.807, 2.05) is 36.4 Å². The molecule has 0 saturated carbocycles. The molecule has 1 fully saturated rings. The highest BCUT2D eigenvalue weighted by Crippen LogP contribution is 2.37. The average molecular weight is 329 g/mol. The molecule has 1 N–H and O–H groups in total. The third-order valence-electron chi connectivity index (χ3n) is 5.18. The molecule has 0 aromatic heterocycles. The Kier molecular flexibility index (Phi) is 5.36. The number of rotatable bonds is 4. The molecule has 1 aromatic rings. The number of likely N-dealkylation sites (tertiary alicyclic amines) is 1. The lowest BCUT2D eigenvalue weighted by molar-refractivity contribution is -0.170. The van der Waals surface area contributed by atoms with Crippen molar-refractivity contribution in [2.45, 2.75) is 50.2 Å². The molecule has 1 saturated heterocycles. The molecular weight excluding hydrogens is 302 g/mol. The molecule has 1 atom stereocenters. The number of piperidine rings is 1. The Bertz CT molecular complexity index is 590. The summed E-state index contributed by atoms with van der Waals surface area (Å²) in [6.45, 7) is 1.84. The Morgan fingerprint density at radius 1 is 1.21 bits per heavy atom. The molecule has 1 unspecified atom stereocenters. The number of nitrogens with zero attached hydrogens (tertiary/aromatic N) is 1. The summed E-state index contributed by atoms with van der Waals surface area (Å²) in [4.78, 5) is 15.2. The van der Waals surface area contributed by atoms with E-state index in [0.717, 1.165) is 57.2 Å². The van der Waals surface area contributed by atoms with Crippen LogP contribution in [-0.2, 0) is 15.1 Å². The highest BCUT2D eigenvalue weighted by molar-refractivity contribution is 5.85. The van der Waals surface area contributed by atoms with Crippen molar-refractivity contribution in [2.75, 3.05) is 20.1 Å². The number of hydrogen-bond acceptors (Lipinski definition) is 4. The van der Waals surface area contributed by atoms with Gasteiger partial charge in [0.15, 0.2) is 0 Å². The van der Waals surface area contributed by atoms with Gasteiger partial charge in [0.2, 0.25) is 5.60 Å². The molecule has 24 heavy (non-hydrogen) atoms. The molecule has 1 aliphatic heterocycles. The first kappa shape index (κ1) is 17.2. The van der Waals surface area contributed by atoms with Gasteiger partial charge < -0.3 is 14.7 Å². The van der Waals surface area contributed by atoms with Gasteiger partial charge >= 0.3 is 5.97 Å². The topological polar surface area (TPSA) is 49.8 Å². The van der Waals surface area contributed by atoms with E-state index in [1.54, 1.807) is 0 Å². The van der Waals surface area contributed by atoms with Crippen LogP contribution in [0.1, 0.15) is 44.1 Å². The summed E-state index contributed by atoms with van der Waals surface area (Å²) in [6.07, 6.45) is 7.33. The molecular formula is C20H27NO3. The number of esters is 1. The quantitative estimate of drug-likeness (QED) is 0.681. The molecule has 0 spiro atoms. The van der Waals surface area contributed by atoms with Gasteiger partial charge in [-0.25, -0.2) is 4.79 Å². The van der Waals surface area contributed by atoms with Gasteiger partial charge in [0.05, 0.1) is 0 Å². The summed E-state index contributed by atoms with van der Waals surface area (Å²) in [6, 6.07) is 9.22. The molecule has 3 rings (SSSR count). The fraction of sp³-hybridized carbons (Fsp3) is 0.550. The third kappa shape index (κ3) is 3.55. The molecule has 0 amide bonds. The SMILES string of the molecule is CN1CCC(OC(=O)C(O)(C2=CCCCC2)c2ccccc2)CC1. The zero-order chi connectivity index (χ0) is 17.0.